The fourth-order valence-corrected chi connectivity index (χ4v) is 7.07. The van der Waals surface area contributed by atoms with Gasteiger partial charge in [0.15, 0.2) is 5.82 Å². The molecule has 0 radical (unpaired) electrons. The molecule has 214 valence electrons. The standard InChI is InChI=1S/C42H25N3O/c1-2-10-26(11-3-1)27-18-20-29(21-19-27)40-42(44-34-15-7-6-14-33(34)43-40)45-35-16-8-4-13-32(35)39-36(45)25-23-28-22-24-31-30-12-5-9-17-37(30)46-41(31)38(28)39/h1-25H. The van der Waals surface area contributed by atoms with Crippen LogP contribution in [-0.4, -0.2) is 14.5 Å². The van der Waals surface area contributed by atoms with E-state index in [9.17, 15) is 0 Å². The van der Waals surface area contributed by atoms with E-state index in [-0.39, 0.29) is 0 Å². The second kappa shape index (κ2) is 9.62. The van der Waals surface area contributed by atoms with E-state index < -0.39 is 0 Å². The van der Waals surface area contributed by atoms with Gasteiger partial charge in [0.05, 0.1) is 22.1 Å². The molecule has 46 heavy (non-hydrogen) atoms. The van der Waals surface area contributed by atoms with Crippen LogP contribution in [0.2, 0.25) is 0 Å². The Labute approximate surface area is 263 Å². The first-order valence-electron chi connectivity index (χ1n) is 15.5. The number of hydrogen-bond donors (Lipinski definition) is 0. The molecule has 0 aliphatic heterocycles. The van der Waals surface area contributed by atoms with Gasteiger partial charge in [-0.1, -0.05) is 115 Å². The summed E-state index contributed by atoms with van der Waals surface area (Å²) in [5, 5.41) is 6.81. The highest BCUT2D eigenvalue weighted by atomic mass is 16.3. The van der Waals surface area contributed by atoms with Crippen LogP contribution < -0.4 is 0 Å². The molecule has 0 saturated carbocycles. The average molecular weight is 588 g/mol. The number of para-hydroxylation sites is 4. The maximum absolute atomic E-state index is 6.60. The molecule has 0 saturated heterocycles. The molecule has 0 bridgehead atoms. The topological polar surface area (TPSA) is 43.9 Å². The van der Waals surface area contributed by atoms with Gasteiger partial charge in [-0.3, -0.25) is 4.57 Å². The van der Waals surface area contributed by atoms with Gasteiger partial charge in [-0.25, -0.2) is 9.97 Å². The number of furan rings is 1. The van der Waals surface area contributed by atoms with Crippen LogP contribution >= 0.6 is 0 Å². The highest BCUT2D eigenvalue weighted by molar-refractivity contribution is 6.29. The quantitative estimate of drug-likeness (QED) is 0.207. The van der Waals surface area contributed by atoms with E-state index in [2.05, 4.69) is 114 Å². The number of nitrogens with zero attached hydrogens (tertiary/aromatic N) is 3. The molecule has 0 aliphatic carbocycles. The minimum Gasteiger partial charge on any atom is -0.455 e. The second-order valence-corrected chi connectivity index (χ2v) is 11.8. The van der Waals surface area contributed by atoms with Crippen molar-refractivity contribution >= 4 is 65.6 Å². The summed E-state index contributed by atoms with van der Waals surface area (Å²) in [6, 6.07) is 52.9. The number of fused-ring (bicyclic) bond motifs is 10. The molecule has 4 heteroatoms. The van der Waals surface area contributed by atoms with Crippen LogP contribution in [0.4, 0.5) is 0 Å². The minimum atomic E-state index is 0.800. The van der Waals surface area contributed by atoms with Crippen molar-refractivity contribution in [2.24, 2.45) is 0 Å². The zero-order valence-electron chi connectivity index (χ0n) is 24.7. The van der Waals surface area contributed by atoms with E-state index >= 15 is 0 Å². The van der Waals surface area contributed by atoms with Gasteiger partial charge in [0, 0.05) is 32.5 Å². The Bertz CT molecular complexity index is 2790. The summed E-state index contributed by atoms with van der Waals surface area (Å²) in [7, 11) is 0. The van der Waals surface area contributed by atoms with E-state index in [1.807, 2.05) is 42.5 Å². The largest absolute Gasteiger partial charge is 0.455 e. The van der Waals surface area contributed by atoms with Gasteiger partial charge in [0.25, 0.3) is 0 Å². The monoisotopic (exact) mass is 587 g/mol. The van der Waals surface area contributed by atoms with Crippen molar-refractivity contribution < 1.29 is 4.42 Å². The van der Waals surface area contributed by atoms with Gasteiger partial charge in [0.2, 0.25) is 0 Å². The molecule has 3 heterocycles. The summed E-state index contributed by atoms with van der Waals surface area (Å²) in [5.74, 6) is 0.800. The van der Waals surface area contributed by atoms with Crippen LogP contribution in [0.1, 0.15) is 0 Å². The van der Waals surface area contributed by atoms with Crippen LogP contribution in [-0.2, 0) is 0 Å². The van der Waals surface area contributed by atoms with E-state index in [4.69, 9.17) is 14.4 Å². The molecule has 0 aliphatic rings. The van der Waals surface area contributed by atoms with Crippen molar-refractivity contribution in [1.82, 2.24) is 14.5 Å². The minimum absolute atomic E-state index is 0.800. The number of benzene rings is 7. The van der Waals surface area contributed by atoms with Gasteiger partial charge >= 0.3 is 0 Å². The normalized spacial score (nSPS) is 11.9. The fourth-order valence-electron chi connectivity index (χ4n) is 7.07. The Balaban J connectivity index is 1.31. The van der Waals surface area contributed by atoms with E-state index in [0.717, 1.165) is 88.2 Å². The molecule has 0 fully saturated rings. The van der Waals surface area contributed by atoms with Crippen LogP contribution in [0, 0.1) is 0 Å². The first-order valence-corrected chi connectivity index (χ1v) is 15.5. The first kappa shape index (κ1) is 25.1. The molecule has 0 atom stereocenters. The Kier molecular flexibility index (Phi) is 5.25. The van der Waals surface area contributed by atoms with Crippen molar-refractivity contribution in [3.63, 3.8) is 0 Å². The zero-order chi connectivity index (χ0) is 30.2. The SMILES string of the molecule is c1ccc(-c2ccc(-c3nc4ccccc4nc3-n3c4ccccc4c4c5c(ccc6c7ccccc7oc65)ccc43)cc2)cc1. The summed E-state index contributed by atoms with van der Waals surface area (Å²) < 4.78 is 8.88. The maximum atomic E-state index is 6.60. The second-order valence-electron chi connectivity index (χ2n) is 11.8. The molecule has 10 rings (SSSR count). The predicted octanol–water partition coefficient (Wildman–Crippen LogP) is 11.1. The van der Waals surface area contributed by atoms with Gasteiger partial charge in [-0.05, 0) is 52.9 Å². The zero-order valence-corrected chi connectivity index (χ0v) is 24.7. The third kappa shape index (κ3) is 3.61. The molecule has 10 aromatic rings. The van der Waals surface area contributed by atoms with Crippen molar-refractivity contribution in [2.75, 3.05) is 0 Å². The predicted molar refractivity (Wildman–Crippen MR) is 190 cm³/mol. The Hall–Kier alpha value is -6.26. The molecule has 7 aromatic carbocycles. The smallest absolute Gasteiger partial charge is 0.165 e. The molecule has 0 unspecified atom stereocenters. The van der Waals surface area contributed by atoms with Crippen molar-refractivity contribution in [3.05, 3.63) is 152 Å². The lowest BCUT2D eigenvalue weighted by Crippen LogP contribution is -2.03. The highest BCUT2D eigenvalue weighted by Gasteiger charge is 2.22. The Morgan fingerprint density at radius 1 is 0.435 bits per heavy atom. The number of rotatable bonds is 3. The maximum Gasteiger partial charge on any atom is 0.165 e. The molecule has 0 spiro atoms. The molecule has 3 aromatic heterocycles. The number of aromatic nitrogens is 3. The van der Waals surface area contributed by atoms with Crippen molar-refractivity contribution in [1.29, 1.82) is 0 Å². The fraction of sp³-hybridized carbons (Fsp3) is 0. The highest BCUT2D eigenvalue weighted by Crippen LogP contribution is 2.43. The van der Waals surface area contributed by atoms with Gasteiger partial charge in [-0.2, -0.15) is 0 Å². The molecule has 0 amide bonds. The lowest BCUT2D eigenvalue weighted by atomic mass is 10.0. The van der Waals surface area contributed by atoms with E-state index in [1.165, 1.54) is 5.56 Å². The summed E-state index contributed by atoms with van der Waals surface area (Å²) >= 11 is 0. The summed E-state index contributed by atoms with van der Waals surface area (Å²) in [5.41, 5.74) is 9.86. The number of hydrogen-bond acceptors (Lipinski definition) is 3. The van der Waals surface area contributed by atoms with Crippen molar-refractivity contribution in [3.8, 4) is 28.2 Å². The van der Waals surface area contributed by atoms with Crippen LogP contribution in [0.15, 0.2) is 156 Å². The van der Waals surface area contributed by atoms with Gasteiger partial charge in [-0.15, -0.1) is 0 Å². The molecule has 0 N–H and O–H groups in total. The lowest BCUT2D eigenvalue weighted by molar-refractivity contribution is 0.673. The lowest BCUT2D eigenvalue weighted by Gasteiger charge is -2.14. The Morgan fingerprint density at radius 3 is 1.93 bits per heavy atom. The van der Waals surface area contributed by atoms with Crippen LogP contribution in [0.3, 0.4) is 0 Å². The third-order valence-corrected chi connectivity index (χ3v) is 9.19. The van der Waals surface area contributed by atoms with Crippen LogP contribution in [0.5, 0.6) is 0 Å². The van der Waals surface area contributed by atoms with E-state index in [0.29, 0.717) is 0 Å². The molecular weight excluding hydrogens is 562 g/mol. The van der Waals surface area contributed by atoms with Crippen LogP contribution in [0.25, 0.3) is 93.8 Å². The summed E-state index contributed by atoms with van der Waals surface area (Å²) in [6.07, 6.45) is 0. The van der Waals surface area contributed by atoms with Gasteiger partial charge in [0.1, 0.15) is 16.9 Å². The third-order valence-electron chi connectivity index (χ3n) is 9.19. The Morgan fingerprint density at radius 2 is 1.09 bits per heavy atom. The summed E-state index contributed by atoms with van der Waals surface area (Å²) in [6.45, 7) is 0. The van der Waals surface area contributed by atoms with Crippen molar-refractivity contribution in [2.45, 2.75) is 0 Å². The van der Waals surface area contributed by atoms with E-state index in [1.54, 1.807) is 0 Å². The summed E-state index contributed by atoms with van der Waals surface area (Å²) in [4.78, 5) is 10.6. The van der Waals surface area contributed by atoms with Gasteiger partial charge < -0.3 is 4.42 Å². The molecule has 4 nitrogen and oxygen atoms in total. The average Bonchev–Trinajstić information content (AvgIpc) is 3.67. The first-order chi connectivity index (χ1) is 22.8. The molecular formula is C42H25N3O.